The van der Waals surface area contributed by atoms with Crippen LogP contribution >= 0.6 is 11.6 Å². The number of rotatable bonds is 5. The minimum absolute atomic E-state index is 0.0112. The Morgan fingerprint density at radius 2 is 2.21 bits per heavy atom. The number of carbonyl (C=O) groups excluding carboxylic acids is 1. The Labute approximate surface area is 145 Å². The zero-order valence-corrected chi connectivity index (χ0v) is 14.4. The van der Waals surface area contributed by atoms with E-state index in [0.29, 0.717) is 30.1 Å². The Bertz CT molecular complexity index is 748. The zero-order valence-electron chi connectivity index (χ0n) is 13.7. The Balaban J connectivity index is 1.67. The summed E-state index contributed by atoms with van der Waals surface area (Å²) in [7, 11) is 3.67. The van der Waals surface area contributed by atoms with Gasteiger partial charge in [0.2, 0.25) is 5.91 Å². The van der Waals surface area contributed by atoms with E-state index in [9.17, 15) is 9.18 Å². The lowest BCUT2D eigenvalue weighted by Crippen LogP contribution is -2.29. The van der Waals surface area contributed by atoms with E-state index >= 15 is 0 Å². The highest BCUT2D eigenvalue weighted by Crippen LogP contribution is 2.36. The van der Waals surface area contributed by atoms with Gasteiger partial charge in [0.1, 0.15) is 5.82 Å². The van der Waals surface area contributed by atoms with Gasteiger partial charge in [0.25, 0.3) is 0 Å². The summed E-state index contributed by atoms with van der Waals surface area (Å²) in [4.78, 5) is 13.9. The molecule has 0 bridgehead atoms. The van der Waals surface area contributed by atoms with Gasteiger partial charge in [-0.15, -0.1) is 0 Å². The molecule has 2 heterocycles. The highest BCUT2D eigenvalue weighted by atomic mass is 35.5. The lowest BCUT2D eigenvalue weighted by molar-refractivity contribution is -0.127. The van der Waals surface area contributed by atoms with Crippen molar-refractivity contribution < 1.29 is 9.18 Å². The molecule has 1 aromatic carbocycles. The molecule has 0 spiro atoms. The van der Waals surface area contributed by atoms with Crippen molar-refractivity contribution in [3.63, 3.8) is 0 Å². The number of carbonyl (C=O) groups is 1. The maximum Gasteiger partial charge on any atom is 0.223 e. The fourth-order valence-electron chi connectivity index (χ4n) is 3.29. The molecule has 1 saturated heterocycles. The largest absolute Gasteiger partial charge is 0.338 e. The molecule has 1 aliphatic rings. The van der Waals surface area contributed by atoms with Gasteiger partial charge in [-0.3, -0.25) is 9.48 Å². The van der Waals surface area contributed by atoms with E-state index in [0.717, 1.165) is 5.56 Å². The number of likely N-dealkylation sites (tertiary alicyclic amines) is 1. The molecule has 7 heteroatoms. The average molecular weight is 351 g/mol. The van der Waals surface area contributed by atoms with Gasteiger partial charge in [0.15, 0.2) is 0 Å². The molecule has 2 aromatic rings. The number of nitrogens with zero attached hydrogens (tertiary/aromatic N) is 3. The van der Waals surface area contributed by atoms with Gasteiger partial charge in [-0.05, 0) is 18.2 Å². The van der Waals surface area contributed by atoms with E-state index < -0.39 is 0 Å². The molecule has 5 nitrogen and oxygen atoms in total. The van der Waals surface area contributed by atoms with Crippen LogP contribution in [-0.4, -0.2) is 34.2 Å². The minimum atomic E-state index is -0.282. The number of nitrogens with one attached hydrogen (secondary N) is 1. The second-order valence-corrected chi connectivity index (χ2v) is 6.66. The third-order valence-electron chi connectivity index (χ3n) is 4.49. The first kappa shape index (κ1) is 16.9. The SMILES string of the molecule is CN1C(=O)C[C@@H](CNCc2cc(Cl)ccc2F)[C@@H]1c1cnn(C)c1. The van der Waals surface area contributed by atoms with Crippen LogP contribution in [0.4, 0.5) is 4.39 Å². The number of benzene rings is 1. The van der Waals surface area contributed by atoms with Crippen LogP contribution in [0.1, 0.15) is 23.6 Å². The highest BCUT2D eigenvalue weighted by Gasteiger charge is 2.38. The third kappa shape index (κ3) is 3.44. The normalized spacial score (nSPS) is 20.8. The molecule has 2 atom stereocenters. The van der Waals surface area contributed by atoms with E-state index in [1.807, 2.05) is 20.3 Å². The summed E-state index contributed by atoms with van der Waals surface area (Å²) in [6, 6.07) is 4.51. The first-order chi connectivity index (χ1) is 11.5. The molecule has 128 valence electrons. The summed E-state index contributed by atoms with van der Waals surface area (Å²) in [6.07, 6.45) is 4.20. The van der Waals surface area contributed by atoms with Gasteiger partial charge in [-0.2, -0.15) is 5.10 Å². The number of aryl methyl sites for hydroxylation is 1. The molecule has 24 heavy (non-hydrogen) atoms. The van der Waals surface area contributed by atoms with E-state index in [1.54, 1.807) is 21.8 Å². The molecule has 0 unspecified atom stereocenters. The first-order valence-electron chi connectivity index (χ1n) is 7.84. The summed E-state index contributed by atoms with van der Waals surface area (Å²) in [6.45, 7) is 0.988. The van der Waals surface area contributed by atoms with Crippen molar-refractivity contribution >= 4 is 17.5 Å². The quantitative estimate of drug-likeness (QED) is 0.901. The number of hydrogen-bond acceptors (Lipinski definition) is 3. The van der Waals surface area contributed by atoms with Crippen molar-refractivity contribution in [1.29, 1.82) is 0 Å². The fourth-order valence-corrected chi connectivity index (χ4v) is 3.49. The summed E-state index contributed by atoms with van der Waals surface area (Å²) in [5, 5.41) is 7.96. The van der Waals surface area contributed by atoms with Crippen molar-refractivity contribution in [2.75, 3.05) is 13.6 Å². The van der Waals surface area contributed by atoms with E-state index in [1.165, 1.54) is 12.1 Å². The molecule has 3 rings (SSSR count). The molecule has 1 fully saturated rings. The van der Waals surface area contributed by atoms with E-state index in [4.69, 9.17) is 11.6 Å². The second-order valence-electron chi connectivity index (χ2n) is 6.23. The molecule has 1 amide bonds. The van der Waals surface area contributed by atoms with Crippen molar-refractivity contribution in [3.8, 4) is 0 Å². The lowest BCUT2D eigenvalue weighted by Gasteiger charge is -2.24. The number of hydrogen-bond donors (Lipinski definition) is 1. The predicted octanol–water partition coefficient (Wildman–Crippen LogP) is 2.52. The third-order valence-corrected chi connectivity index (χ3v) is 4.73. The van der Waals surface area contributed by atoms with Crippen LogP contribution in [-0.2, 0) is 18.4 Å². The molecule has 0 saturated carbocycles. The van der Waals surface area contributed by atoms with Crippen LogP contribution in [0, 0.1) is 11.7 Å². The van der Waals surface area contributed by atoms with Crippen LogP contribution in [0.3, 0.4) is 0 Å². The zero-order chi connectivity index (χ0) is 17.3. The highest BCUT2D eigenvalue weighted by molar-refractivity contribution is 6.30. The number of amides is 1. The predicted molar refractivity (Wildman–Crippen MR) is 89.9 cm³/mol. The van der Waals surface area contributed by atoms with Gasteiger partial charge >= 0.3 is 0 Å². The number of halogens is 2. The molecular formula is C17H20ClFN4O. The van der Waals surface area contributed by atoms with Crippen LogP contribution < -0.4 is 5.32 Å². The van der Waals surface area contributed by atoms with Gasteiger partial charge in [-0.1, -0.05) is 11.6 Å². The van der Waals surface area contributed by atoms with Gasteiger partial charge in [0.05, 0.1) is 12.2 Å². The second kappa shape index (κ2) is 6.91. The number of aromatic nitrogens is 2. The molecule has 1 aliphatic heterocycles. The summed E-state index contributed by atoms with van der Waals surface area (Å²) in [5.41, 5.74) is 1.55. The molecule has 0 radical (unpaired) electrons. The van der Waals surface area contributed by atoms with Crippen LogP contribution in [0.2, 0.25) is 5.02 Å². The maximum atomic E-state index is 13.8. The smallest absolute Gasteiger partial charge is 0.223 e. The van der Waals surface area contributed by atoms with Crippen molar-refractivity contribution in [3.05, 3.63) is 52.6 Å². The van der Waals surface area contributed by atoms with E-state index in [-0.39, 0.29) is 23.7 Å². The summed E-state index contributed by atoms with van der Waals surface area (Å²) < 4.78 is 15.5. The monoisotopic (exact) mass is 350 g/mol. The minimum Gasteiger partial charge on any atom is -0.338 e. The summed E-state index contributed by atoms with van der Waals surface area (Å²) >= 11 is 5.91. The molecular weight excluding hydrogens is 331 g/mol. The molecule has 1 aromatic heterocycles. The van der Waals surface area contributed by atoms with Crippen LogP contribution in [0.15, 0.2) is 30.6 Å². The fraction of sp³-hybridized carbons (Fsp3) is 0.412. The van der Waals surface area contributed by atoms with Crippen LogP contribution in [0.25, 0.3) is 0 Å². The first-order valence-corrected chi connectivity index (χ1v) is 8.22. The van der Waals surface area contributed by atoms with E-state index in [2.05, 4.69) is 10.4 Å². The lowest BCUT2D eigenvalue weighted by atomic mass is 9.95. The Kier molecular flexibility index (Phi) is 4.87. The van der Waals surface area contributed by atoms with Crippen LogP contribution in [0.5, 0.6) is 0 Å². The topological polar surface area (TPSA) is 50.2 Å². The van der Waals surface area contributed by atoms with Crippen molar-refractivity contribution in [2.24, 2.45) is 13.0 Å². The molecule has 1 N–H and O–H groups in total. The maximum absolute atomic E-state index is 13.8. The molecule has 0 aliphatic carbocycles. The Morgan fingerprint density at radius 1 is 1.42 bits per heavy atom. The van der Waals surface area contributed by atoms with Gasteiger partial charge in [-0.25, -0.2) is 4.39 Å². The summed E-state index contributed by atoms with van der Waals surface area (Å²) in [5.74, 6) is -0.0474. The van der Waals surface area contributed by atoms with Crippen molar-refractivity contribution in [2.45, 2.75) is 19.0 Å². The van der Waals surface area contributed by atoms with Gasteiger partial charge in [0, 0.05) is 61.9 Å². The Morgan fingerprint density at radius 3 is 2.92 bits per heavy atom. The average Bonchev–Trinajstić information content (AvgIpc) is 3.07. The standard InChI is InChI=1S/C17H20ClFN4O/c1-22-10-13(9-21-22)17-12(6-16(24)23(17)2)8-20-7-11-5-14(18)3-4-15(11)19/h3-5,9-10,12,17,20H,6-8H2,1-2H3/t12-,17+/m0/s1. The van der Waals surface area contributed by atoms with Gasteiger partial charge < -0.3 is 10.2 Å². The Hall–Kier alpha value is -1.92. The van der Waals surface area contributed by atoms with Crippen molar-refractivity contribution in [1.82, 2.24) is 20.0 Å².